The molecule has 1 N–H and O–H groups in total. The zero-order valence-electron chi connectivity index (χ0n) is 14.8. The van der Waals surface area contributed by atoms with E-state index in [2.05, 4.69) is 46.4 Å². The minimum absolute atomic E-state index is 0. The zero-order valence-corrected chi connectivity index (χ0v) is 18.0. The molecule has 0 amide bonds. The SMILES string of the molecule is CC(C)c1nnc(CN=C(Nc2ccccc2)N2CCCCC2)s1.I. The highest BCUT2D eigenvalue weighted by molar-refractivity contribution is 14.0. The lowest BCUT2D eigenvalue weighted by molar-refractivity contribution is 0.340. The van der Waals surface area contributed by atoms with E-state index in [4.69, 9.17) is 4.99 Å². The van der Waals surface area contributed by atoms with Crippen LogP contribution in [0.2, 0.25) is 0 Å². The van der Waals surface area contributed by atoms with Gasteiger partial charge in [-0.05, 0) is 31.4 Å². The number of nitrogens with zero attached hydrogens (tertiary/aromatic N) is 4. The van der Waals surface area contributed by atoms with Gasteiger partial charge in [-0.25, -0.2) is 4.99 Å². The molecule has 1 saturated heterocycles. The summed E-state index contributed by atoms with van der Waals surface area (Å²) < 4.78 is 0. The van der Waals surface area contributed by atoms with Gasteiger partial charge in [0.25, 0.3) is 0 Å². The molecule has 7 heteroatoms. The Hall–Kier alpha value is -1.22. The van der Waals surface area contributed by atoms with Crippen LogP contribution >= 0.6 is 35.3 Å². The van der Waals surface area contributed by atoms with Gasteiger partial charge in [-0.1, -0.05) is 43.4 Å². The van der Waals surface area contributed by atoms with Gasteiger partial charge in [0.1, 0.15) is 10.0 Å². The van der Waals surface area contributed by atoms with Crippen LogP contribution in [-0.2, 0) is 6.54 Å². The Labute approximate surface area is 171 Å². The van der Waals surface area contributed by atoms with Gasteiger partial charge >= 0.3 is 0 Å². The zero-order chi connectivity index (χ0) is 16.8. The minimum Gasteiger partial charge on any atom is -0.343 e. The highest BCUT2D eigenvalue weighted by Gasteiger charge is 2.15. The fourth-order valence-corrected chi connectivity index (χ4v) is 3.45. The monoisotopic (exact) mass is 471 g/mol. The van der Waals surface area contributed by atoms with Crippen molar-refractivity contribution in [2.24, 2.45) is 4.99 Å². The van der Waals surface area contributed by atoms with E-state index in [9.17, 15) is 0 Å². The van der Waals surface area contributed by atoms with Crippen molar-refractivity contribution >= 4 is 47.0 Å². The highest BCUT2D eigenvalue weighted by Crippen LogP contribution is 2.20. The predicted octanol–water partition coefficient (Wildman–Crippen LogP) is 4.73. The number of likely N-dealkylation sites (tertiary alicyclic amines) is 1. The number of halogens is 1. The lowest BCUT2D eigenvalue weighted by Crippen LogP contribution is -2.40. The molecule has 0 radical (unpaired) electrons. The number of aliphatic imine (C=N–C) groups is 1. The van der Waals surface area contributed by atoms with Crippen molar-refractivity contribution in [3.05, 3.63) is 40.3 Å². The van der Waals surface area contributed by atoms with Crippen LogP contribution in [0.15, 0.2) is 35.3 Å². The number of para-hydroxylation sites is 1. The molecule has 0 spiro atoms. The van der Waals surface area contributed by atoms with E-state index >= 15 is 0 Å². The lowest BCUT2D eigenvalue weighted by Gasteiger charge is -2.30. The third-order valence-corrected chi connectivity index (χ3v) is 5.23. The number of piperidine rings is 1. The maximum atomic E-state index is 4.82. The predicted molar refractivity (Wildman–Crippen MR) is 116 cm³/mol. The van der Waals surface area contributed by atoms with Gasteiger partial charge in [-0.15, -0.1) is 34.2 Å². The summed E-state index contributed by atoms with van der Waals surface area (Å²) in [7, 11) is 0. The third kappa shape index (κ3) is 5.91. The van der Waals surface area contributed by atoms with Crippen LogP contribution in [0.3, 0.4) is 0 Å². The van der Waals surface area contributed by atoms with Crippen molar-refractivity contribution in [1.82, 2.24) is 15.1 Å². The van der Waals surface area contributed by atoms with Crippen molar-refractivity contribution in [2.75, 3.05) is 18.4 Å². The summed E-state index contributed by atoms with van der Waals surface area (Å²) in [5.74, 6) is 1.37. The fraction of sp³-hybridized carbons (Fsp3) is 0.500. The van der Waals surface area contributed by atoms with E-state index in [1.165, 1.54) is 19.3 Å². The van der Waals surface area contributed by atoms with Gasteiger partial charge in [0.05, 0.1) is 6.54 Å². The Bertz CT molecular complexity index is 665. The second kappa shape index (κ2) is 10.1. The number of aromatic nitrogens is 2. The number of hydrogen-bond donors (Lipinski definition) is 1. The number of benzene rings is 1. The maximum Gasteiger partial charge on any atom is 0.198 e. The van der Waals surface area contributed by atoms with Gasteiger partial charge in [-0.3, -0.25) is 0 Å². The Morgan fingerprint density at radius 3 is 2.52 bits per heavy atom. The molecule has 1 aromatic heterocycles. The molecular formula is C18H26IN5S. The van der Waals surface area contributed by atoms with Crippen LogP contribution in [0, 0.1) is 0 Å². The average molecular weight is 471 g/mol. The summed E-state index contributed by atoms with van der Waals surface area (Å²) in [6.07, 6.45) is 3.76. The first-order valence-corrected chi connectivity index (χ1v) is 9.48. The Morgan fingerprint density at radius 1 is 1.16 bits per heavy atom. The summed E-state index contributed by atoms with van der Waals surface area (Å²) in [5, 5.41) is 14.1. The molecule has 0 aliphatic carbocycles. The highest BCUT2D eigenvalue weighted by atomic mass is 127. The third-order valence-electron chi connectivity index (χ3n) is 4.03. The summed E-state index contributed by atoms with van der Waals surface area (Å²) in [5.41, 5.74) is 1.07. The fourth-order valence-electron chi connectivity index (χ4n) is 2.68. The van der Waals surface area contributed by atoms with Crippen molar-refractivity contribution in [3.8, 4) is 0 Å². The molecule has 2 aromatic rings. The van der Waals surface area contributed by atoms with Gasteiger partial charge < -0.3 is 10.2 Å². The molecule has 1 aliphatic rings. The quantitative estimate of drug-likeness (QED) is 0.398. The lowest BCUT2D eigenvalue weighted by atomic mass is 10.1. The molecule has 3 rings (SSSR count). The molecule has 0 unspecified atom stereocenters. The summed E-state index contributed by atoms with van der Waals surface area (Å²) in [4.78, 5) is 7.17. The minimum atomic E-state index is 0. The van der Waals surface area contributed by atoms with Crippen molar-refractivity contribution < 1.29 is 0 Å². The number of rotatable bonds is 4. The molecule has 136 valence electrons. The number of anilines is 1. The maximum absolute atomic E-state index is 4.82. The molecule has 5 nitrogen and oxygen atoms in total. The second-order valence-corrected chi connectivity index (χ2v) is 7.46. The topological polar surface area (TPSA) is 53.4 Å². The molecule has 2 heterocycles. The standard InChI is InChI=1S/C18H25N5S.HI/c1-14(2)17-22-21-16(24-17)13-19-18(23-11-7-4-8-12-23)20-15-9-5-3-6-10-15;/h3,5-6,9-10,14H,4,7-8,11-13H2,1-2H3,(H,19,20);1H. The van der Waals surface area contributed by atoms with Crippen LogP contribution in [0.4, 0.5) is 5.69 Å². The largest absolute Gasteiger partial charge is 0.343 e. The van der Waals surface area contributed by atoms with Crippen LogP contribution in [0.1, 0.15) is 49.0 Å². The number of hydrogen-bond acceptors (Lipinski definition) is 4. The molecule has 0 saturated carbocycles. The molecule has 1 aliphatic heterocycles. The number of nitrogens with one attached hydrogen (secondary N) is 1. The first-order chi connectivity index (χ1) is 11.7. The van der Waals surface area contributed by atoms with Gasteiger partial charge in [0.2, 0.25) is 0 Å². The van der Waals surface area contributed by atoms with E-state index in [1.54, 1.807) is 11.3 Å². The molecule has 0 bridgehead atoms. The Kier molecular flexibility index (Phi) is 8.08. The van der Waals surface area contributed by atoms with Crippen LogP contribution in [0.25, 0.3) is 0 Å². The Balaban J connectivity index is 0.00000225. The average Bonchev–Trinajstić information content (AvgIpc) is 3.09. The van der Waals surface area contributed by atoms with E-state index in [1.807, 2.05) is 18.2 Å². The Morgan fingerprint density at radius 2 is 1.88 bits per heavy atom. The van der Waals surface area contributed by atoms with E-state index in [-0.39, 0.29) is 24.0 Å². The van der Waals surface area contributed by atoms with Gasteiger partial charge in [0.15, 0.2) is 5.96 Å². The normalized spacial score (nSPS) is 15.2. The van der Waals surface area contributed by atoms with Gasteiger partial charge in [0, 0.05) is 24.7 Å². The second-order valence-electron chi connectivity index (χ2n) is 6.37. The van der Waals surface area contributed by atoms with Crippen molar-refractivity contribution in [1.29, 1.82) is 0 Å². The van der Waals surface area contributed by atoms with Crippen molar-refractivity contribution in [2.45, 2.75) is 45.6 Å². The summed E-state index contributed by atoms with van der Waals surface area (Å²) in [6.45, 7) is 6.99. The van der Waals surface area contributed by atoms with E-state index < -0.39 is 0 Å². The molecule has 1 fully saturated rings. The first-order valence-electron chi connectivity index (χ1n) is 8.66. The summed E-state index contributed by atoms with van der Waals surface area (Å²) >= 11 is 1.66. The van der Waals surface area contributed by atoms with Crippen molar-refractivity contribution in [3.63, 3.8) is 0 Å². The molecule has 0 atom stereocenters. The molecular weight excluding hydrogens is 445 g/mol. The van der Waals surface area contributed by atoms with Crippen LogP contribution < -0.4 is 5.32 Å². The first kappa shape index (κ1) is 20.1. The smallest absolute Gasteiger partial charge is 0.198 e. The van der Waals surface area contributed by atoms with Crippen LogP contribution in [-0.4, -0.2) is 34.1 Å². The summed E-state index contributed by atoms with van der Waals surface area (Å²) in [6, 6.07) is 10.2. The van der Waals surface area contributed by atoms with Crippen LogP contribution in [0.5, 0.6) is 0 Å². The van der Waals surface area contributed by atoms with Gasteiger partial charge in [-0.2, -0.15) is 0 Å². The van der Waals surface area contributed by atoms with E-state index in [0.717, 1.165) is 34.8 Å². The van der Waals surface area contributed by atoms with E-state index in [0.29, 0.717) is 12.5 Å². The molecule has 25 heavy (non-hydrogen) atoms. The molecule has 1 aromatic carbocycles. The number of guanidine groups is 1.